The van der Waals surface area contributed by atoms with Gasteiger partial charge in [0.05, 0.1) is 26.1 Å². The largest absolute Gasteiger partial charge is 0.496 e. The van der Waals surface area contributed by atoms with Crippen molar-refractivity contribution in [2.75, 3.05) is 26.8 Å². The molecule has 0 spiro atoms. The Morgan fingerprint density at radius 2 is 2.09 bits per heavy atom. The third-order valence-electron chi connectivity index (χ3n) is 3.67. The van der Waals surface area contributed by atoms with E-state index >= 15 is 0 Å². The quantitative estimate of drug-likeness (QED) is 0.819. The van der Waals surface area contributed by atoms with Crippen LogP contribution in [-0.4, -0.2) is 41.7 Å². The van der Waals surface area contributed by atoms with Crippen LogP contribution < -0.4 is 9.47 Å². The summed E-state index contributed by atoms with van der Waals surface area (Å²) in [6.07, 6.45) is 3.07. The highest BCUT2D eigenvalue weighted by atomic mass is 35.5. The van der Waals surface area contributed by atoms with Gasteiger partial charge in [-0.25, -0.2) is 0 Å². The number of rotatable bonds is 6. The maximum Gasteiger partial charge on any atom is 0.233 e. The number of para-hydroxylation sites is 1. The molecule has 0 unspecified atom stereocenters. The summed E-state index contributed by atoms with van der Waals surface area (Å²) in [7, 11) is 1.71. The summed E-state index contributed by atoms with van der Waals surface area (Å²) in [4.78, 5) is 10.4. The number of methoxy groups -OCH3 is 1. The summed E-state index contributed by atoms with van der Waals surface area (Å²) < 4.78 is 11.0. The number of halogens is 1. The molecule has 6 heteroatoms. The fourth-order valence-electron chi connectivity index (χ4n) is 2.58. The van der Waals surface area contributed by atoms with E-state index in [1.807, 2.05) is 18.2 Å². The lowest BCUT2D eigenvalue weighted by molar-refractivity contribution is 0.0537. The Balaban J connectivity index is 1.44. The molecule has 1 aromatic carbocycles. The molecule has 22 heavy (non-hydrogen) atoms. The van der Waals surface area contributed by atoms with Gasteiger partial charge in [0.25, 0.3) is 0 Å². The van der Waals surface area contributed by atoms with Gasteiger partial charge in [-0.15, -0.1) is 0 Å². The zero-order chi connectivity index (χ0) is 15.4. The number of benzene rings is 1. The van der Waals surface area contributed by atoms with Gasteiger partial charge in [0, 0.05) is 31.1 Å². The molecule has 3 rings (SSSR count). The Morgan fingerprint density at radius 3 is 2.86 bits per heavy atom. The number of nitrogens with zero attached hydrogens (tertiary/aromatic N) is 3. The van der Waals surface area contributed by atoms with Gasteiger partial charge in [-0.05, 0) is 6.07 Å². The van der Waals surface area contributed by atoms with Crippen molar-refractivity contribution in [3.8, 4) is 11.6 Å². The van der Waals surface area contributed by atoms with E-state index in [9.17, 15) is 0 Å². The van der Waals surface area contributed by atoms with Gasteiger partial charge >= 0.3 is 0 Å². The van der Waals surface area contributed by atoms with E-state index in [-0.39, 0.29) is 0 Å². The van der Waals surface area contributed by atoms with Crippen LogP contribution in [0.15, 0.2) is 36.7 Å². The topological polar surface area (TPSA) is 47.5 Å². The van der Waals surface area contributed by atoms with Gasteiger partial charge < -0.3 is 9.47 Å². The summed E-state index contributed by atoms with van der Waals surface area (Å²) in [6, 6.07) is 8.12. The molecule has 0 saturated carbocycles. The number of aromatic nitrogens is 2. The first-order chi connectivity index (χ1) is 10.7. The van der Waals surface area contributed by atoms with Crippen molar-refractivity contribution >= 4 is 11.6 Å². The van der Waals surface area contributed by atoms with E-state index in [2.05, 4.69) is 20.9 Å². The van der Waals surface area contributed by atoms with Crippen LogP contribution in [0.1, 0.15) is 5.56 Å². The molecule has 0 N–H and O–H groups in total. The Labute approximate surface area is 134 Å². The third-order valence-corrected chi connectivity index (χ3v) is 3.85. The Morgan fingerprint density at radius 1 is 1.27 bits per heavy atom. The monoisotopic (exact) mass is 319 g/mol. The van der Waals surface area contributed by atoms with Crippen LogP contribution in [0, 0.1) is 5.92 Å². The first-order valence-electron chi connectivity index (χ1n) is 7.19. The predicted molar refractivity (Wildman–Crippen MR) is 84.3 cm³/mol. The first kappa shape index (κ1) is 15.1. The van der Waals surface area contributed by atoms with Gasteiger partial charge in [-0.1, -0.05) is 29.8 Å². The fourth-order valence-corrected chi connectivity index (χ4v) is 2.72. The molecular formula is C16H18ClN3O2. The average Bonchev–Trinajstić information content (AvgIpc) is 2.50. The van der Waals surface area contributed by atoms with Crippen LogP contribution in [0.3, 0.4) is 0 Å². The van der Waals surface area contributed by atoms with E-state index in [1.54, 1.807) is 13.3 Å². The summed E-state index contributed by atoms with van der Waals surface area (Å²) in [5.41, 5.74) is 1.21. The van der Waals surface area contributed by atoms with Crippen molar-refractivity contribution in [3.63, 3.8) is 0 Å². The van der Waals surface area contributed by atoms with Crippen molar-refractivity contribution in [1.29, 1.82) is 0 Å². The lowest BCUT2D eigenvalue weighted by atomic mass is 10.00. The summed E-state index contributed by atoms with van der Waals surface area (Å²) in [6.45, 7) is 3.55. The molecule has 0 radical (unpaired) electrons. The molecule has 0 bridgehead atoms. The minimum Gasteiger partial charge on any atom is -0.496 e. The van der Waals surface area contributed by atoms with Crippen LogP contribution in [0.25, 0.3) is 0 Å². The Bertz CT molecular complexity index is 632. The number of hydrogen-bond donors (Lipinski definition) is 0. The van der Waals surface area contributed by atoms with Gasteiger partial charge in [0.15, 0.2) is 5.15 Å². The highest BCUT2D eigenvalue weighted by Crippen LogP contribution is 2.24. The first-order valence-corrected chi connectivity index (χ1v) is 7.57. The minimum absolute atomic E-state index is 0.351. The minimum atomic E-state index is 0.351. The highest BCUT2D eigenvalue weighted by molar-refractivity contribution is 6.29. The average molecular weight is 320 g/mol. The lowest BCUT2D eigenvalue weighted by Crippen LogP contribution is -2.48. The van der Waals surface area contributed by atoms with Crippen LogP contribution in [0.5, 0.6) is 11.6 Å². The SMILES string of the molecule is COc1ccccc1CN1CC(COc2cncc(Cl)n2)C1. The van der Waals surface area contributed by atoms with E-state index in [0.29, 0.717) is 23.6 Å². The molecule has 0 atom stereocenters. The smallest absolute Gasteiger partial charge is 0.233 e. The Hall–Kier alpha value is -1.85. The van der Waals surface area contributed by atoms with Gasteiger partial charge in [0.1, 0.15) is 5.75 Å². The van der Waals surface area contributed by atoms with E-state index in [0.717, 1.165) is 25.4 Å². The van der Waals surface area contributed by atoms with Crippen LogP contribution in [0.4, 0.5) is 0 Å². The lowest BCUT2D eigenvalue weighted by Gasteiger charge is -2.39. The van der Waals surface area contributed by atoms with Crippen molar-refractivity contribution in [2.24, 2.45) is 5.92 Å². The van der Waals surface area contributed by atoms with Crippen molar-refractivity contribution < 1.29 is 9.47 Å². The third kappa shape index (κ3) is 3.67. The zero-order valence-electron chi connectivity index (χ0n) is 12.4. The van der Waals surface area contributed by atoms with Gasteiger partial charge in [-0.2, -0.15) is 4.98 Å². The molecule has 0 aliphatic carbocycles. The van der Waals surface area contributed by atoms with Crippen molar-refractivity contribution in [3.05, 3.63) is 47.4 Å². The molecule has 2 aromatic rings. The maximum atomic E-state index is 5.78. The number of ether oxygens (including phenoxy) is 2. The maximum absolute atomic E-state index is 5.78. The molecule has 2 heterocycles. The van der Waals surface area contributed by atoms with Crippen LogP contribution >= 0.6 is 11.6 Å². The Kier molecular flexibility index (Phi) is 4.75. The second-order valence-electron chi connectivity index (χ2n) is 5.36. The van der Waals surface area contributed by atoms with E-state index in [4.69, 9.17) is 21.1 Å². The fraction of sp³-hybridized carbons (Fsp3) is 0.375. The number of hydrogen-bond acceptors (Lipinski definition) is 5. The van der Waals surface area contributed by atoms with Crippen LogP contribution in [0.2, 0.25) is 5.15 Å². The second kappa shape index (κ2) is 6.94. The molecule has 1 aliphatic rings. The normalized spacial score (nSPS) is 15.4. The van der Waals surface area contributed by atoms with Crippen molar-refractivity contribution in [1.82, 2.24) is 14.9 Å². The predicted octanol–water partition coefficient (Wildman–Crippen LogP) is 2.65. The molecule has 1 aliphatic heterocycles. The van der Waals surface area contributed by atoms with E-state index < -0.39 is 0 Å². The van der Waals surface area contributed by atoms with Crippen molar-refractivity contribution in [2.45, 2.75) is 6.54 Å². The zero-order valence-corrected chi connectivity index (χ0v) is 13.2. The second-order valence-corrected chi connectivity index (χ2v) is 5.75. The van der Waals surface area contributed by atoms with Crippen LogP contribution in [-0.2, 0) is 6.54 Å². The standard InChI is InChI=1S/C16H18ClN3O2/c1-21-14-5-3-2-4-13(14)10-20-8-12(9-20)11-22-16-7-18-6-15(17)19-16/h2-7,12H,8-11H2,1H3. The molecule has 1 saturated heterocycles. The summed E-state index contributed by atoms with van der Waals surface area (Å²) >= 11 is 5.78. The molecule has 1 aromatic heterocycles. The number of likely N-dealkylation sites (tertiary alicyclic amines) is 1. The highest BCUT2D eigenvalue weighted by Gasteiger charge is 2.27. The molecular weight excluding hydrogens is 302 g/mol. The molecule has 1 fully saturated rings. The summed E-state index contributed by atoms with van der Waals surface area (Å²) in [5.74, 6) is 1.93. The van der Waals surface area contributed by atoms with E-state index in [1.165, 1.54) is 11.8 Å². The summed E-state index contributed by atoms with van der Waals surface area (Å²) in [5, 5.41) is 0.351. The molecule has 5 nitrogen and oxygen atoms in total. The van der Waals surface area contributed by atoms with Gasteiger partial charge in [-0.3, -0.25) is 9.88 Å². The molecule has 116 valence electrons. The molecule has 0 amide bonds. The van der Waals surface area contributed by atoms with Gasteiger partial charge in [0.2, 0.25) is 5.88 Å².